The van der Waals surface area contributed by atoms with Crippen LogP contribution in [-0.4, -0.2) is 29.1 Å². The van der Waals surface area contributed by atoms with Crippen LogP contribution < -0.4 is 10.2 Å². The average molecular weight is 456 g/mol. The van der Waals surface area contributed by atoms with Gasteiger partial charge < -0.3 is 15.1 Å². The molecule has 1 aliphatic heterocycles. The molecule has 0 aromatic heterocycles. The SMILES string of the molecule is CCCCN1CCCc2cc(CN(C(=S)Nc3cccc(Cl)c3)C3CCCC3)ccc21. The summed E-state index contributed by atoms with van der Waals surface area (Å²) in [6.45, 7) is 5.49. The Morgan fingerprint density at radius 1 is 1.16 bits per heavy atom. The van der Waals surface area contributed by atoms with Crippen LogP contribution >= 0.6 is 23.8 Å². The van der Waals surface area contributed by atoms with Gasteiger partial charge in [-0.1, -0.05) is 56.0 Å². The highest BCUT2D eigenvalue weighted by atomic mass is 35.5. The van der Waals surface area contributed by atoms with E-state index in [9.17, 15) is 0 Å². The number of nitrogens with one attached hydrogen (secondary N) is 1. The van der Waals surface area contributed by atoms with Crippen molar-refractivity contribution in [1.29, 1.82) is 0 Å². The molecular weight excluding hydrogens is 422 g/mol. The molecule has 5 heteroatoms. The molecule has 2 aliphatic rings. The Morgan fingerprint density at radius 2 is 2.00 bits per heavy atom. The number of unbranched alkanes of at least 4 members (excludes halogenated alkanes) is 1. The molecule has 0 unspecified atom stereocenters. The van der Waals surface area contributed by atoms with Crippen molar-refractivity contribution in [3.8, 4) is 0 Å². The molecule has 2 aromatic rings. The van der Waals surface area contributed by atoms with E-state index in [1.807, 2.05) is 24.3 Å². The maximum Gasteiger partial charge on any atom is 0.173 e. The molecule has 4 rings (SSSR count). The van der Waals surface area contributed by atoms with Gasteiger partial charge in [-0.25, -0.2) is 0 Å². The Hall–Kier alpha value is -1.78. The van der Waals surface area contributed by atoms with Crippen molar-refractivity contribution in [1.82, 2.24) is 4.90 Å². The second-order valence-electron chi connectivity index (χ2n) is 8.91. The molecule has 1 aliphatic carbocycles. The molecule has 0 amide bonds. The lowest BCUT2D eigenvalue weighted by Crippen LogP contribution is -2.41. The first-order valence-electron chi connectivity index (χ1n) is 11.8. The summed E-state index contributed by atoms with van der Waals surface area (Å²) >= 11 is 12.1. The summed E-state index contributed by atoms with van der Waals surface area (Å²) in [6.07, 6.45) is 9.95. The minimum Gasteiger partial charge on any atom is -0.371 e. The predicted molar refractivity (Wildman–Crippen MR) is 137 cm³/mol. The van der Waals surface area contributed by atoms with E-state index in [1.165, 1.54) is 81.3 Å². The van der Waals surface area contributed by atoms with Crippen LogP contribution in [0.5, 0.6) is 0 Å². The first-order valence-corrected chi connectivity index (χ1v) is 12.6. The van der Waals surface area contributed by atoms with E-state index in [0.717, 1.165) is 22.4 Å². The Bertz CT molecular complexity index is 894. The highest BCUT2D eigenvalue weighted by molar-refractivity contribution is 7.80. The van der Waals surface area contributed by atoms with Crippen LogP contribution in [0.25, 0.3) is 0 Å². The lowest BCUT2D eigenvalue weighted by molar-refractivity contribution is 0.312. The van der Waals surface area contributed by atoms with Crippen LogP contribution in [0.4, 0.5) is 11.4 Å². The molecule has 166 valence electrons. The Labute approximate surface area is 197 Å². The molecule has 0 radical (unpaired) electrons. The zero-order valence-electron chi connectivity index (χ0n) is 18.6. The minimum absolute atomic E-state index is 0.510. The first kappa shape index (κ1) is 22.4. The monoisotopic (exact) mass is 455 g/mol. The van der Waals surface area contributed by atoms with Crippen LogP contribution in [0.2, 0.25) is 5.02 Å². The number of hydrogen-bond acceptors (Lipinski definition) is 2. The van der Waals surface area contributed by atoms with Crippen molar-refractivity contribution >= 4 is 40.3 Å². The molecule has 2 aromatic carbocycles. The zero-order valence-corrected chi connectivity index (χ0v) is 20.2. The number of hydrogen-bond donors (Lipinski definition) is 1. The number of nitrogens with zero attached hydrogens (tertiary/aromatic N) is 2. The highest BCUT2D eigenvalue weighted by Crippen LogP contribution is 2.31. The van der Waals surface area contributed by atoms with E-state index in [2.05, 4.69) is 40.2 Å². The zero-order chi connectivity index (χ0) is 21.6. The van der Waals surface area contributed by atoms with E-state index < -0.39 is 0 Å². The Morgan fingerprint density at radius 3 is 2.77 bits per heavy atom. The molecule has 1 fully saturated rings. The van der Waals surface area contributed by atoms with Gasteiger partial charge >= 0.3 is 0 Å². The molecule has 0 saturated heterocycles. The Balaban J connectivity index is 1.51. The molecule has 0 bridgehead atoms. The second kappa shape index (κ2) is 10.7. The molecule has 31 heavy (non-hydrogen) atoms. The number of thiocarbonyl (C=S) groups is 1. The normalized spacial score (nSPS) is 16.3. The fourth-order valence-electron chi connectivity index (χ4n) is 4.95. The van der Waals surface area contributed by atoms with Gasteiger partial charge in [0.05, 0.1) is 0 Å². The van der Waals surface area contributed by atoms with E-state index in [1.54, 1.807) is 0 Å². The third-order valence-corrected chi connectivity index (χ3v) is 7.17. The van der Waals surface area contributed by atoms with E-state index >= 15 is 0 Å². The van der Waals surface area contributed by atoms with Crippen molar-refractivity contribution < 1.29 is 0 Å². The molecule has 0 spiro atoms. The fraction of sp³-hybridized carbons (Fsp3) is 0.500. The van der Waals surface area contributed by atoms with Crippen molar-refractivity contribution in [2.45, 2.75) is 70.9 Å². The Kier molecular flexibility index (Phi) is 7.73. The summed E-state index contributed by atoms with van der Waals surface area (Å²) in [7, 11) is 0. The van der Waals surface area contributed by atoms with E-state index in [4.69, 9.17) is 23.8 Å². The van der Waals surface area contributed by atoms with E-state index in [0.29, 0.717) is 6.04 Å². The quantitative estimate of drug-likeness (QED) is 0.451. The highest BCUT2D eigenvalue weighted by Gasteiger charge is 2.25. The third kappa shape index (κ3) is 5.72. The van der Waals surface area contributed by atoms with Crippen LogP contribution in [-0.2, 0) is 13.0 Å². The minimum atomic E-state index is 0.510. The van der Waals surface area contributed by atoms with Crippen LogP contribution in [0.1, 0.15) is 63.0 Å². The maximum absolute atomic E-state index is 6.17. The number of aryl methyl sites for hydroxylation is 1. The van der Waals surface area contributed by atoms with Gasteiger partial charge in [0.25, 0.3) is 0 Å². The lowest BCUT2D eigenvalue weighted by atomic mass is 9.98. The smallest absolute Gasteiger partial charge is 0.173 e. The van der Waals surface area contributed by atoms with Gasteiger partial charge in [-0.05, 0) is 79.7 Å². The number of fused-ring (bicyclic) bond motifs is 1. The van der Waals surface area contributed by atoms with Crippen molar-refractivity contribution in [2.24, 2.45) is 0 Å². The molecular formula is C26H34ClN3S. The molecule has 1 heterocycles. The van der Waals surface area contributed by atoms with Gasteiger partial charge in [-0.2, -0.15) is 0 Å². The summed E-state index contributed by atoms with van der Waals surface area (Å²) in [5.74, 6) is 0. The van der Waals surface area contributed by atoms with Crippen molar-refractivity contribution in [2.75, 3.05) is 23.3 Å². The largest absolute Gasteiger partial charge is 0.371 e. The molecule has 1 saturated carbocycles. The van der Waals surface area contributed by atoms with Crippen LogP contribution in [0, 0.1) is 0 Å². The second-order valence-corrected chi connectivity index (χ2v) is 9.74. The van der Waals surface area contributed by atoms with Gasteiger partial charge in [0.1, 0.15) is 0 Å². The third-order valence-electron chi connectivity index (χ3n) is 6.60. The standard InChI is InChI=1S/C26H34ClN3S/c1-2-3-15-29-16-7-8-21-17-20(13-14-25(21)29)19-30(24-11-4-5-12-24)26(31)28-23-10-6-9-22(27)18-23/h6,9-10,13-14,17-18,24H,2-5,7-8,11-12,15-16,19H2,1H3,(H,28,31). The number of rotatable bonds is 7. The summed E-state index contributed by atoms with van der Waals surface area (Å²) in [6, 6.07) is 15.4. The van der Waals surface area contributed by atoms with Gasteiger partial charge in [0.15, 0.2) is 5.11 Å². The summed E-state index contributed by atoms with van der Waals surface area (Å²) in [5, 5.41) is 4.96. The van der Waals surface area contributed by atoms with E-state index in [-0.39, 0.29) is 0 Å². The summed E-state index contributed by atoms with van der Waals surface area (Å²) in [4.78, 5) is 4.98. The molecule has 1 N–H and O–H groups in total. The van der Waals surface area contributed by atoms with Crippen LogP contribution in [0.15, 0.2) is 42.5 Å². The van der Waals surface area contributed by atoms with Crippen LogP contribution in [0.3, 0.4) is 0 Å². The van der Waals surface area contributed by atoms with Gasteiger partial charge in [-0.3, -0.25) is 0 Å². The van der Waals surface area contributed by atoms with Crippen molar-refractivity contribution in [3.63, 3.8) is 0 Å². The average Bonchev–Trinajstić information content (AvgIpc) is 3.30. The number of anilines is 2. The number of benzene rings is 2. The summed E-state index contributed by atoms with van der Waals surface area (Å²) in [5.41, 5.74) is 5.26. The van der Waals surface area contributed by atoms with Crippen molar-refractivity contribution in [3.05, 3.63) is 58.6 Å². The fourth-order valence-corrected chi connectivity index (χ4v) is 5.47. The first-order chi connectivity index (χ1) is 15.1. The van der Waals surface area contributed by atoms with Gasteiger partial charge in [-0.15, -0.1) is 0 Å². The summed E-state index contributed by atoms with van der Waals surface area (Å²) < 4.78 is 0. The van der Waals surface area contributed by atoms with Gasteiger partial charge in [0, 0.05) is 42.1 Å². The molecule has 3 nitrogen and oxygen atoms in total. The van der Waals surface area contributed by atoms with Gasteiger partial charge in [0.2, 0.25) is 0 Å². The predicted octanol–water partition coefficient (Wildman–Crippen LogP) is 7.03. The number of halogens is 1. The molecule has 0 atom stereocenters. The maximum atomic E-state index is 6.17. The topological polar surface area (TPSA) is 18.5 Å². The lowest BCUT2D eigenvalue weighted by Gasteiger charge is -2.34.